The second-order valence-electron chi connectivity index (χ2n) is 7.45. The summed E-state index contributed by atoms with van der Waals surface area (Å²) in [6.07, 6.45) is 3.14. The highest BCUT2D eigenvalue weighted by Gasteiger charge is 2.22. The number of aromatic nitrogens is 3. The summed E-state index contributed by atoms with van der Waals surface area (Å²) >= 11 is 1.45. The number of nitrogens with one attached hydrogen (secondary N) is 1. The van der Waals surface area contributed by atoms with Crippen molar-refractivity contribution in [3.05, 3.63) is 35.2 Å². The quantitative estimate of drug-likeness (QED) is 0.594. The molecule has 0 aliphatic rings. The van der Waals surface area contributed by atoms with Gasteiger partial charge in [0, 0.05) is 12.2 Å². The van der Waals surface area contributed by atoms with Gasteiger partial charge in [0.1, 0.15) is 0 Å². The molecule has 1 atom stereocenters. The molecule has 0 bridgehead atoms. The van der Waals surface area contributed by atoms with Gasteiger partial charge in [0.15, 0.2) is 11.0 Å². The van der Waals surface area contributed by atoms with Crippen molar-refractivity contribution in [2.24, 2.45) is 0 Å². The van der Waals surface area contributed by atoms with Crippen LogP contribution < -0.4 is 5.32 Å². The zero-order valence-electron chi connectivity index (χ0n) is 18.0. The van der Waals surface area contributed by atoms with Crippen LogP contribution in [0.5, 0.6) is 0 Å². The van der Waals surface area contributed by atoms with Crippen molar-refractivity contribution in [1.82, 2.24) is 19.7 Å². The molecule has 2 aromatic rings. The largest absolute Gasteiger partial charge is 0.325 e. The molecule has 0 saturated heterocycles. The van der Waals surface area contributed by atoms with E-state index in [-0.39, 0.29) is 11.9 Å². The molecule has 1 N–H and O–H groups in total. The molecular weight excluding hydrogens is 370 g/mol. The molecule has 6 nitrogen and oxygen atoms in total. The van der Waals surface area contributed by atoms with E-state index in [2.05, 4.69) is 59.0 Å². The van der Waals surface area contributed by atoms with E-state index in [9.17, 15) is 4.79 Å². The number of rotatable bonds is 10. The standard InChI is InChI=1S/C21H33N5OS/c1-7-9-10-26-20(18(8-2)25(5)6)23-24-21(26)28-14-19(27)22-17-12-15(3)11-16(4)13-17/h11-13,18H,7-10,14H2,1-6H3,(H,22,27). The van der Waals surface area contributed by atoms with Gasteiger partial charge >= 0.3 is 0 Å². The molecule has 0 aliphatic heterocycles. The van der Waals surface area contributed by atoms with Crippen LogP contribution in [0.3, 0.4) is 0 Å². The van der Waals surface area contributed by atoms with Crippen molar-refractivity contribution < 1.29 is 4.79 Å². The average molecular weight is 404 g/mol. The molecule has 1 aromatic carbocycles. The minimum atomic E-state index is -0.0266. The monoisotopic (exact) mass is 403 g/mol. The first kappa shape index (κ1) is 22.4. The molecule has 0 aliphatic carbocycles. The Balaban J connectivity index is 2.09. The fourth-order valence-electron chi connectivity index (χ4n) is 3.33. The predicted molar refractivity (Wildman–Crippen MR) is 117 cm³/mol. The van der Waals surface area contributed by atoms with Crippen LogP contribution in [0.2, 0.25) is 0 Å². The molecule has 1 heterocycles. The van der Waals surface area contributed by atoms with Gasteiger partial charge in [-0.2, -0.15) is 0 Å². The first-order chi connectivity index (χ1) is 13.3. The number of unbranched alkanes of at least 4 members (excludes halogenated alkanes) is 1. The van der Waals surface area contributed by atoms with Crippen LogP contribution in [0.15, 0.2) is 23.4 Å². The Morgan fingerprint density at radius 3 is 2.43 bits per heavy atom. The van der Waals surface area contributed by atoms with E-state index >= 15 is 0 Å². The summed E-state index contributed by atoms with van der Waals surface area (Å²) in [5.41, 5.74) is 3.12. The number of amides is 1. The second-order valence-corrected chi connectivity index (χ2v) is 8.39. The van der Waals surface area contributed by atoms with Gasteiger partial charge in [-0.05, 0) is 64.0 Å². The molecular formula is C21H33N5OS. The van der Waals surface area contributed by atoms with Crippen molar-refractivity contribution in [2.75, 3.05) is 25.2 Å². The molecule has 2 rings (SSSR count). The fourth-order valence-corrected chi connectivity index (χ4v) is 4.10. The Morgan fingerprint density at radius 1 is 1.18 bits per heavy atom. The van der Waals surface area contributed by atoms with Gasteiger partial charge in [-0.3, -0.25) is 9.69 Å². The third kappa shape index (κ3) is 6.07. The van der Waals surface area contributed by atoms with Gasteiger partial charge in [0.05, 0.1) is 11.8 Å². The molecule has 1 unspecified atom stereocenters. The minimum absolute atomic E-state index is 0.0266. The van der Waals surface area contributed by atoms with Gasteiger partial charge in [-0.15, -0.1) is 10.2 Å². The zero-order valence-corrected chi connectivity index (χ0v) is 18.8. The van der Waals surface area contributed by atoms with Gasteiger partial charge < -0.3 is 9.88 Å². The Hall–Kier alpha value is -1.86. The van der Waals surface area contributed by atoms with Crippen LogP contribution in [-0.2, 0) is 11.3 Å². The van der Waals surface area contributed by atoms with E-state index in [4.69, 9.17) is 0 Å². The van der Waals surface area contributed by atoms with E-state index < -0.39 is 0 Å². The number of nitrogens with zero attached hydrogens (tertiary/aromatic N) is 4. The maximum Gasteiger partial charge on any atom is 0.234 e. The lowest BCUT2D eigenvalue weighted by Gasteiger charge is -2.23. The molecule has 0 saturated carbocycles. The molecule has 154 valence electrons. The number of hydrogen-bond donors (Lipinski definition) is 1. The van der Waals surface area contributed by atoms with Crippen LogP contribution in [0.1, 0.15) is 56.1 Å². The highest BCUT2D eigenvalue weighted by molar-refractivity contribution is 7.99. The average Bonchev–Trinajstić information content (AvgIpc) is 3.00. The molecule has 0 spiro atoms. The van der Waals surface area contributed by atoms with Crippen LogP contribution in [0.25, 0.3) is 0 Å². The van der Waals surface area contributed by atoms with Gasteiger partial charge in [0.25, 0.3) is 0 Å². The maximum absolute atomic E-state index is 12.4. The first-order valence-electron chi connectivity index (χ1n) is 9.96. The second kappa shape index (κ2) is 10.6. The Bertz CT molecular complexity index is 767. The van der Waals surface area contributed by atoms with E-state index in [1.54, 1.807) is 0 Å². The lowest BCUT2D eigenvalue weighted by Crippen LogP contribution is -2.23. The molecule has 1 amide bonds. The summed E-state index contributed by atoms with van der Waals surface area (Å²) in [6, 6.07) is 6.29. The molecule has 0 radical (unpaired) electrons. The SMILES string of the molecule is CCCCn1c(SCC(=O)Nc2cc(C)cc(C)c2)nnc1C(CC)N(C)C. The normalized spacial score (nSPS) is 12.4. The number of hydrogen-bond acceptors (Lipinski definition) is 5. The lowest BCUT2D eigenvalue weighted by atomic mass is 10.1. The fraction of sp³-hybridized carbons (Fsp3) is 0.571. The summed E-state index contributed by atoms with van der Waals surface area (Å²) in [5, 5.41) is 12.7. The van der Waals surface area contributed by atoms with E-state index in [0.29, 0.717) is 5.75 Å². The number of thioether (sulfide) groups is 1. The van der Waals surface area contributed by atoms with Crippen LogP contribution in [-0.4, -0.2) is 45.4 Å². The lowest BCUT2D eigenvalue weighted by molar-refractivity contribution is -0.113. The highest BCUT2D eigenvalue weighted by atomic mass is 32.2. The summed E-state index contributed by atoms with van der Waals surface area (Å²) in [4.78, 5) is 14.6. The number of anilines is 1. The van der Waals surface area contributed by atoms with Crippen molar-refractivity contribution in [2.45, 2.75) is 64.7 Å². The first-order valence-corrected chi connectivity index (χ1v) is 10.9. The van der Waals surface area contributed by atoms with Gasteiger partial charge in [0.2, 0.25) is 5.91 Å². The minimum Gasteiger partial charge on any atom is -0.325 e. The number of aryl methyl sites for hydroxylation is 2. The number of carbonyl (C=O) groups excluding carboxylic acids is 1. The third-order valence-electron chi connectivity index (χ3n) is 4.63. The topological polar surface area (TPSA) is 63.1 Å². The van der Waals surface area contributed by atoms with Crippen molar-refractivity contribution in [3.63, 3.8) is 0 Å². The Kier molecular flexibility index (Phi) is 8.51. The summed E-state index contributed by atoms with van der Waals surface area (Å²) < 4.78 is 2.19. The zero-order chi connectivity index (χ0) is 20.7. The summed E-state index contributed by atoms with van der Waals surface area (Å²) in [5.74, 6) is 1.27. The number of benzene rings is 1. The molecule has 0 fully saturated rings. The van der Waals surface area contributed by atoms with Crippen LogP contribution in [0, 0.1) is 13.8 Å². The molecule has 28 heavy (non-hydrogen) atoms. The van der Waals surface area contributed by atoms with Crippen LogP contribution >= 0.6 is 11.8 Å². The maximum atomic E-state index is 12.4. The predicted octanol–water partition coefficient (Wildman–Crippen LogP) is 4.44. The summed E-state index contributed by atoms with van der Waals surface area (Å²) in [6.45, 7) is 9.28. The van der Waals surface area contributed by atoms with E-state index in [1.165, 1.54) is 11.8 Å². The van der Waals surface area contributed by atoms with E-state index in [0.717, 1.165) is 53.6 Å². The summed E-state index contributed by atoms with van der Waals surface area (Å²) in [7, 11) is 4.13. The molecule has 7 heteroatoms. The Labute approximate surface area is 173 Å². The van der Waals surface area contributed by atoms with Crippen molar-refractivity contribution >= 4 is 23.4 Å². The smallest absolute Gasteiger partial charge is 0.234 e. The van der Waals surface area contributed by atoms with E-state index in [1.807, 2.05) is 26.0 Å². The van der Waals surface area contributed by atoms with Gasteiger partial charge in [-0.1, -0.05) is 38.1 Å². The third-order valence-corrected chi connectivity index (χ3v) is 5.59. The highest BCUT2D eigenvalue weighted by Crippen LogP contribution is 2.26. The number of carbonyl (C=O) groups is 1. The van der Waals surface area contributed by atoms with Gasteiger partial charge in [-0.25, -0.2) is 0 Å². The van der Waals surface area contributed by atoms with Crippen LogP contribution in [0.4, 0.5) is 5.69 Å². The van der Waals surface area contributed by atoms with Crippen molar-refractivity contribution in [3.8, 4) is 0 Å². The Morgan fingerprint density at radius 2 is 1.86 bits per heavy atom. The molecule has 1 aromatic heterocycles. The van der Waals surface area contributed by atoms with Crippen molar-refractivity contribution in [1.29, 1.82) is 0 Å².